The van der Waals surface area contributed by atoms with Crippen LogP contribution in [0.3, 0.4) is 0 Å². The van der Waals surface area contributed by atoms with Crippen LogP contribution in [0.25, 0.3) is 0 Å². The highest BCUT2D eigenvalue weighted by atomic mass is 35.5. The Kier molecular flexibility index (Phi) is 1.90. The second-order valence-electron chi connectivity index (χ2n) is 1.76. The van der Waals surface area contributed by atoms with Crippen LogP contribution in [-0.2, 0) is 0 Å². The fourth-order valence-corrected chi connectivity index (χ4v) is 0.588. The van der Waals surface area contributed by atoms with E-state index in [-0.39, 0.29) is 0 Å². The van der Waals surface area contributed by atoms with Crippen molar-refractivity contribution in [3.05, 3.63) is 23.1 Å². The van der Waals surface area contributed by atoms with E-state index in [1.54, 1.807) is 18.6 Å². The quantitative estimate of drug-likeness (QED) is 0.546. The van der Waals surface area contributed by atoms with Crippen molar-refractivity contribution in [1.82, 2.24) is 5.32 Å². The van der Waals surface area contributed by atoms with Crippen LogP contribution in [0, 0.1) is 0 Å². The number of rotatable bonds is 0. The zero-order chi connectivity index (χ0) is 6.69. The minimum absolute atomic E-state index is 0.614. The van der Waals surface area contributed by atoms with Gasteiger partial charge in [-0.2, -0.15) is 0 Å². The van der Waals surface area contributed by atoms with Crippen LogP contribution in [-0.4, -0.2) is 6.21 Å². The van der Waals surface area contributed by atoms with E-state index in [1.165, 1.54) is 0 Å². The summed E-state index contributed by atoms with van der Waals surface area (Å²) in [6.45, 7) is 1.92. The maximum Gasteiger partial charge on any atom is 0.0748 e. The molecule has 3 heteroatoms. The van der Waals surface area contributed by atoms with E-state index in [2.05, 4.69) is 10.3 Å². The van der Waals surface area contributed by atoms with E-state index in [4.69, 9.17) is 11.6 Å². The van der Waals surface area contributed by atoms with E-state index < -0.39 is 0 Å². The molecule has 0 unspecified atom stereocenters. The van der Waals surface area contributed by atoms with Crippen molar-refractivity contribution in [2.75, 3.05) is 0 Å². The summed E-state index contributed by atoms with van der Waals surface area (Å²) in [4.78, 5) is 3.88. The molecule has 0 radical (unpaired) electrons. The molecular formula is C6H7ClN2. The molecule has 0 aliphatic carbocycles. The predicted octanol–water partition coefficient (Wildman–Crippen LogP) is 1.60. The minimum atomic E-state index is 0.614. The average molecular weight is 143 g/mol. The summed E-state index contributed by atoms with van der Waals surface area (Å²) in [5.74, 6) is 0. The maximum atomic E-state index is 5.60. The van der Waals surface area contributed by atoms with Crippen molar-refractivity contribution in [3.63, 3.8) is 0 Å². The van der Waals surface area contributed by atoms with Gasteiger partial charge in [-0.05, 0) is 6.92 Å². The lowest BCUT2D eigenvalue weighted by molar-refractivity contribution is 1.05. The highest BCUT2D eigenvalue weighted by Gasteiger charge is 1.89. The summed E-state index contributed by atoms with van der Waals surface area (Å²) < 4.78 is 0. The summed E-state index contributed by atoms with van der Waals surface area (Å²) >= 11 is 5.60. The van der Waals surface area contributed by atoms with Crippen LogP contribution < -0.4 is 5.32 Å². The lowest BCUT2D eigenvalue weighted by Crippen LogP contribution is -1.99. The van der Waals surface area contributed by atoms with Crippen molar-refractivity contribution >= 4 is 17.8 Å². The number of halogens is 1. The topological polar surface area (TPSA) is 24.4 Å². The minimum Gasteiger partial charge on any atom is -0.363 e. The third-order valence-corrected chi connectivity index (χ3v) is 1.11. The summed E-state index contributed by atoms with van der Waals surface area (Å²) in [7, 11) is 0. The van der Waals surface area contributed by atoms with E-state index >= 15 is 0 Å². The van der Waals surface area contributed by atoms with Gasteiger partial charge in [-0.3, -0.25) is 4.99 Å². The molecule has 1 heterocycles. The van der Waals surface area contributed by atoms with Crippen LogP contribution in [0.2, 0.25) is 0 Å². The number of aliphatic imine (C=N–C) groups is 1. The molecule has 0 saturated heterocycles. The van der Waals surface area contributed by atoms with Gasteiger partial charge in [0, 0.05) is 24.3 Å². The fourth-order valence-electron chi connectivity index (χ4n) is 0.478. The normalized spacial score (nSPS) is 17.6. The number of nitrogens with zero attached hydrogens (tertiary/aromatic N) is 1. The monoisotopic (exact) mass is 142 g/mol. The molecule has 0 fully saturated rings. The Morgan fingerprint density at radius 3 is 3.22 bits per heavy atom. The highest BCUT2D eigenvalue weighted by molar-refractivity contribution is 6.39. The molecule has 0 bridgehead atoms. The standard InChI is InChI=1S/C6H7ClN2/c1-5-2-8-3-6(7)4-9-5/h2-4,9H,1H3. The van der Waals surface area contributed by atoms with Crippen LogP contribution >= 0.6 is 11.6 Å². The maximum absolute atomic E-state index is 5.60. The first-order valence-electron chi connectivity index (χ1n) is 2.61. The molecule has 0 spiro atoms. The third-order valence-electron chi connectivity index (χ3n) is 0.904. The van der Waals surface area contributed by atoms with E-state index in [0.29, 0.717) is 5.03 Å². The molecule has 1 aliphatic heterocycles. The van der Waals surface area contributed by atoms with Gasteiger partial charge in [0.15, 0.2) is 0 Å². The molecule has 1 aliphatic rings. The van der Waals surface area contributed by atoms with Gasteiger partial charge in [0.25, 0.3) is 0 Å². The van der Waals surface area contributed by atoms with Crippen LogP contribution in [0.5, 0.6) is 0 Å². The Bertz CT molecular complexity index is 188. The van der Waals surface area contributed by atoms with Crippen LogP contribution in [0.15, 0.2) is 28.1 Å². The first-order chi connectivity index (χ1) is 4.29. The molecule has 0 aromatic rings. The van der Waals surface area contributed by atoms with Gasteiger partial charge in [-0.25, -0.2) is 0 Å². The molecule has 0 atom stereocenters. The Morgan fingerprint density at radius 1 is 1.67 bits per heavy atom. The number of hydrogen-bond acceptors (Lipinski definition) is 2. The van der Waals surface area contributed by atoms with E-state index in [1.807, 2.05) is 6.92 Å². The lowest BCUT2D eigenvalue weighted by Gasteiger charge is -1.93. The lowest BCUT2D eigenvalue weighted by atomic mass is 10.5. The molecule has 0 aromatic carbocycles. The summed E-state index contributed by atoms with van der Waals surface area (Å²) in [5, 5.41) is 3.55. The number of hydrogen-bond donors (Lipinski definition) is 1. The Labute approximate surface area is 58.9 Å². The SMILES string of the molecule is CC1=CN=CC(Cl)=CN1. The molecule has 0 saturated carbocycles. The van der Waals surface area contributed by atoms with E-state index in [0.717, 1.165) is 5.70 Å². The first kappa shape index (κ1) is 6.36. The van der Waals surface area contributed by atoms with Gasteiger partial charge in [-0.15, -0.1) is 0 Å². The largest absolute Gasteiger partial charge is 0.363 e. The number of allylic oxidation sites excluding steroid dienone is 2. The molecule has 9 heavy (non-hydrogen) atoms. The molecule has 1 rings (SSSR count). The second kappa shape index (κ2) is 2.69. The number of nitrogens with one attached hydrogen (secondary N) is 1. The predicted molar refractivity (Wildman–Crippen MR) is 39.3 cm³/mol. The van der Waals surface area contributed by atoms with Crippen LogP contribution in [0.1, 0.15) is 6.92 Å². The molecule has 48 valence electrons. The Morgan fingerprint density at radius 2 is 2.44 bits per heavy atom. The van der Waals surface area contributed by atoms with Gasteiger partial charge in [-0.1, -0.05) is 11.6 Å². The van der Waals surface area contributed by atoms with Crippen molar-refractivity contribution < 1.29 is 0 Å². The fraction of sp³-hybridized carbons (Fsp3) is 0.167. The van der Waals surface area contributed by atoms with Crippen molar-refractivity contribution in [3.8, 4) is 0 Å². The van der Waals surface area contributed by atoms with Crippen LogP contribution in [0.4, 0.5) is 0 Å². The third kappa shape index (κ3) is 1.90. The van der Waals surface area contributed by atoms with E-state index in [9.17, 15) is 0 Å². The second-order valence-corrected chi connectivity index (χ2v) is 2.20. The Balaban J connectivity index is 2.75. The highest BCUT2D eigenvalue weighted by Crippen LogP contribution is 2.00. The van der Waals surface area contributed by atoms with Gasteiger partial charge in [0.05, 0.1) is 5.03 Å². The van der Waals surface area contributed by atoms with Gasteiger partial charge in [0.2, 0.25) is 0 Å². The molecule has 2 nitrogen and oxygen atoms in total. The Hall–Kier alpha value is -0.760. The molecule has 0 amide bonds. The zero-order valence-corrected chi connectivity index (χ0v) is 5.81. The van der Waals surface area contributed by atoms with Crippen molar-refractivity contribution in [2.45, 2.75) is 6.92 Å². The average Bonchev–Trinajstić information content (AvgIpc) is 1.97. The summed E-state index contributed by atoms with van der Waals surface area (Å²) in [6, 6.07) is 0. The zero-order valence-electron chi connectivity index (χ0n) is 5.06. The van der Waals surface area contributed by atoms with Crippen molar-refractivity contribution in [1.29, 1.82) is 0 Å². The molecular weight excluding hydrogens is 136 g/mol. The summed E-state index contributed by atoms with van der Waals surface area (Å²) in [5.41, 5.74) is 0.988. The smallest absolute Gasteiger partial charge is 0.0748 e. The first-order valence-corrected chi connectivity index (χ1v) is 2.99. The molecule has 0 aromatic heterocycles. The van der Waals surface area contributed by atoms with Gasteiger partial charge in [0.1, 0.15) is 0 Å². The van der Waals surface area contributed by atoms with Gasteiger partial charge < -0.3 is 5.32 Å². The van der Waals surface area contributed by atoms with Gasteiger partial charge >= 0.3 is 0 Å². The van der Waals surface area contributed by atoms with Crippen molar-refractivity contribution in [2.24, 2.45) is 4.99 Å². The molecule has 1 N–H and O–H groups in total. The summed E-state index contributed by atoms with van der Waals surface area (Å²) in [6.07, 6.45) is 5.00.